The summed E-state index contributed by atoms with van der Waals surface area (Å²) in [5.74, 6) is 0. The molecule has 0 aliphatic rings. The van der Waals surface area contributed by atoms with Crippen LogP contribution in [0, 0.1) is 0 Å². The van der Waals surface area contributed by atoms with Crippen molar-refractivity contribution in [1.82, 2.24) is 9.97 Å². The second kappa shape index (κ2) is 4.52. The van der Waals surface area contributed by atoms with Crippen LogP contribution in [-0.4, -0.2) is 9.97 Å². The summed E-state index contributed by atoms with van der Waals surface area (Å²) in [5, 5.41) is 0. The quantitative estimate of drug-likeness (QED) is 0.499. The van der Waals surface area contributed by atoms with E-state index in [1.807, 2.05) is 54.6 Å². The Kier molecular flexibility index (Phi) is 2.54. The van der Waals surface area contributed by atoms with E-state index in [1.165, 1.54) is 6.07 Å². The summed E-state index contributed by atoms with van der Waals surface area (Å²) < 4.78 is 5.20. The fourth-order valence-electron chi connectivity index (χ4n) is 2.38. The molecule has 0 atom stereocenters. The molecule has 4 rings (SSSR count). The van der Waals surface area contributed by atoms with Gasteiger partial charge in [0.2, 0.25) is 5.71 Å². The minimum Gasteiger partial charge on any atom is -0.402 e. The highest BCUT2D eigenvalue weighted by atomic mass is 16.4. The van der Waals surface area contributed by atoms with Crippen molar-refractivity contribution in [2.45, 2.75) is 0 Å². The van der Waals surface area contributed by atoms with Crippen molar-refractivity contribution in [2.24, 2.45) is 0 Å². The first-order valence-corrected chi connectivity index (χ1v) is 6.57. The van der Waals surface area contributed by atoms with Crippen LogP contribution in [0.15, 0.2) is 69.9 Å². The lowest BCUT2D eigenvalue weighted by atomic mass is 10.1. The molecular formula is C17H10N2O2. The van der Waals surface area contributed by atoms with E-state index < -0.39 is 5.63 Å². The summed E-state index contributed by atoms with van der Waals surface area (Å²) in [5.41, 5.74) is 3.57. The van der Waals surface area contributed by atoms with Crippen LogP contribution in [0.2, 0.25) is 0 Å². The van der Waals surface area contributed by atoms with E-state index in [1.54, 1.807) is 0 Å². The molecule has 0 radical (unpaired) electrons. The maximum absolute atomic E-state index is 11.8. The molecule has 4 nitrogen and oxygen atoms in total. The number of nitrogens with zero attached hydrogens (tertiary/aromatic N) is 2. The third kappa shape index (κ3) is 1.97. The van der Waals surface area contributed by atoms with Gasteiger partial charge in [0.15, 0.2) is 0 Å². The minimum absolute atomic E-state index is 0.264. The minimum atomic E-state index is -0.425. The summed E-state index contributed by atoms with van der Waals surface area (Å²) in [7, 11) is 0. The van der Waals surface area contributed by atoms with Gasteiger partial charge in [-0.15, -0.1) is 0 Å². The number of rotatable bonds is 1. The van der Waals surface area contributed by atoms with Crippen molar-refractivity contribution in [2.75, 3.05) is 0 Å². The second-order valence-corrected chi connectivity index (χ2v) is 4.71. The normalized spacial score (nSPS) is 11.0. The Balaban J connectivity index is 2.15. The molecule has 21 heavy (non-hydrogen) atoms. The second-order valence-electron chi connectivity index (χ2n) is 4.71. The monoisotopic (exact) mass is 274 g/mol. The third-order valence-electron chi connectivity index (χ3n) is 3.34. The summed E-state index contributed by atoms with van der Waals surface area (Å²) >= 11 is 0. The van der Waals surface area contributed by atoms with Gasteiger partial charge in [-0.05, 0) is 17.7 Å². The number of fused-ring (bicyclic) bond motifs is 2. The maximum atomic E-state index is 11.8. The molecule has 2 aromatic heterocycles. The van der Waals surface area contributed by atoms with Crippen molar-refractivity contribution in [1.29, 1.82) is 0 Å². The number of hydrogen-bond acceptors (Lipinski definition) is 4. The smallest absolute Gasteiger partial charge is 0.338 e. The van der Waals surface area contributed by atoms with Crippen molar-refractivity contribution in [3.05, 3.63) is 71.1 Å². The third-order valence-corrected chi connectivity index (χ3v) is 3.34. The number of para-hydroxylation sites is 2. The average Bonchev–Trinajstić information content (AvgIpc) is 2.53. The maximum Gasteiger partial charge on any atom is 0.338 e. The van der Waals surface area contributed by atoms with Gasteiger partial charge < -0.3 is 4.42 Å². The Labute approximate surface area is 119 Å². The molecule has 0 saturated heterocycles. The summed E-state index contributed by atoms with van der Waals surface area (Å²) in [6.07, 6.45) is 0. The Morgan fingerprint density at radius 1 is 0.810 bits per heavy atom. The highest BCUT2D eigenvalue weighted by Crippen LogP contribution is 2.26. The SMILES string of the molecule is O=c1cc(-c2ccccc2)c2nc3ccccc3nc2o1. The topological polar surface area (TPSA) is 56.0 Å². The van der Waals surface area contributed by atoms with Crippen LogP contribution >= 0.6 is 0 Å². The summed E-state index contributed by atoms with van der Waals surface area (Å²) in [4.78, 5) is 20.8. The van der Waals surface area contributed by atoms with Crippen LogP contribution in [0.1, 0.15) is 0 Å². The van der Waals surface area contributed by atoms with E-state index in [0.717, 1.165) is 16.6 Å². The summed E-state index contributed by atoms with van der Waals surface area (Å²) in [6, 6.07) is 18.6. The van der Waals surface area contributed by atoms with Crippen molar-refractivity contribution >= 4 is 22.3 Å². The fraction of sp³-hybridized carbons (Fsp3) is 0. The first-order valence-electron chi connectivity index (χ1n) is 6.57. The molecule has 4 heteroatoms. The largest absolute Gasteiger partial charge is 0.402 e. The zero-order chi connectivity index (χ0) is 14.2. The standard InChI is InChI=1S/C17H10N2O2/c20-15-10-12(11-6-2-1-3-7-11)16-17(21-15)19-14-9-5-4-8-13(14)18-16/h1-10H. The molecule has 0 fully saturated rings. The van der Waals surface area contributed by atoms with E-state index >= 15 is 0 Å². The van der Waals surface area contributed by atoms with Crippen molar-refractivity contribution < 1.29 is 4.42 Å². The highest BCUT2D eigenvalue weighted by Gasteiger charge is 2.11. The lowest BCUT2D eigenvalue weighted by Gasteiger charge is -2.05. The van der Waals surface area contributed by atoms with Gasteiger partial charge in [-0.3, -0.25) is 0 Å². The van der Waals surface area contributed by atoms with E-state index in [9.17, 15) is 4.79 Å². The van der Waals surface area contributed by atoms with Gasteiger partial charge in [-0.1, -0.05) is 42.5 Å². The molecule has 0 aliphatic carbocycles. The van der Waals surface area contributed by atoms with Gasteiger partial charge in [-0.25, -0.2) is 14.8 Å². The Bertz CT molecular complexity index is 1010. The zero-order valence-corrected chi connectivity index (χ0v) is 11.0. The number of aromatic nitrogens is 2. The van der Waals surface area contributed by atoms with Crippen LogP contribution in [0.3, 0.4) is 0 Å². The Morgan fingerprint density at radius 2 is 1.48 bits per heavy atom. The van der Waals surface area contributed by atoms with Gasteiger partial charge in [-0.2, -0.15) is 0 Å². The molecule has 0 aliphatic heterocycles. The Hall–Kier alpha value is -3.01. The van der Waals surface area contributed by atoms with E-state index in [2.05, 4.69) is 9.97 Å². The first-order chi connectivity index (χ1) is 10.3. The molecule has 0 N–H and O–H groups in total. The molecule has 100 valence electrons. The molecule has 0 amide bonds. The molecule has 0 saturated carbocycles. The van der Waals surface area contributed by atoms with Gasteiger partial charge in [0.1, 0.15) is 5.52 Å². The predicted molar refractivity (Wildman–Crippen MR) is 81.0 cm³/mol. The molecule has 0 spiro atoms. The van der Waals surface area contributed by atoms with Crippen molar-refractivity contribution in [3.8, 4) is 11.1 Å². The van der Waals surface area contributed by atoms with Crippen LogP contribution in [-0.2, 0) is 0 Å². The number of hydrogen-bond donors (Lipinski definition) is 0. The van der Waals surface area contributed by atoms with Crippen LogP contribution in [0.5, 0.6) is 0 Å². The molecule has 0 bridgehead atoms. The average molecular weight is 274 g/mol. The van der Waals surface area contributed by atoms with Gasteiger partial charge in [0.25, 0.3) is 0 Å². The summed E-state index contributed by atoms with van der Waals surface area (Å²) in [6.45, 7) is 0. The molecule has 4 aromatic rings. The van der Waals surface area contributed by atoms with Crippen LogP contribution < -0.4 is 5.63 Å². The Morgan fingerprint density at radius 3 is 2.24 bits per heavy atom. The van der Waals surface area contributed by atoms with Gasteiger partial charge in [0, 0.05) is 11.6 Å². The molecule has 0 unspecified atom stereocenters. The number of benzene rings is 2. The van der Waals surface area contributed by atoms with Crippen molar-refractivity contribution in [3.63, 3.8) is 0 Å². The van der Waals surface area contributed by atoms with E-state index in [0.29, 0.717) is 11.0 Å². The predicted octanol–water partition coefficient (Wildman–Crippen LogP) is 3.40. The molecule has 2 heterocycles. The molecular weight excluding hydrogens is 264 g/mol. The fourth-order valence-corrected chi connectivity index (χ4v) is 2.38. The van der Waals surface area contributed by atoms with E-state index in [4.69, 9.17) is 4.42 Å². The van der Waals surface area contributed by atoms with Crippen LogP contribution in [0.4, 0.5) is 0 Å². The molecule has 2 aromatic carbocycles. The van der Waals surface area contributed by atoms with E-state index in [-0.39, 0.29) is 5.71 Å². The highest BCUT2D eigenvalue weighted by molar-refractivity contribution is 5.92. The van der Waals surface area contributed by atoms with Gasteiger partial charge in [0.05, 0.1) is 11.0 Å². The van der Waals surface area contributed by atoms with Crippen LogP contribution in [0.25, 0.3) is 33.4 Å². The lowest BCUT2D eigenvalue weighted by Crippen LogP contribution is -2.01. The lowest BCUT2D eigenvalue weighted by molar-refractivity contribution is 0.550. The first kappa shape index (κ1) is 11.8. The zero-order valence-electron chi connectivity index (χ0n) is 11.0. The van der Waals surface area contributed by atoms with Gasteiger partial charge >= 0.3 is 5.63 Å².